The third-order valence-electron chi connectivity index (χ3n) is 3.08. The Morgan fingerprint density at radius 1 is 1.45 bits per heavy atom. The smallest absolute Gasteiger partial charge is 0.0897 e. The lowest BCUT2D eigenvalue weighted by atomic mass is 10.2. The fourth-order valence-corrected chi connectivity index (χ4v) is 3.21. The number of thiazole rings is 1. The third-order valence-corrected chi connectivity index (χ3v) is 4.35. The second kappa shape index (κ2) is 6.67. The normalized spacial score (nSPS) is 13.1. The van der Waals surface area contributed by atoms with E-state index in [1.165, 1.54) is 0 Å². The van der Waals surface area contributed by atoms with Crippen LogP contribution < -0.4 is 5.32 Å². The van der Waals surface area contributed by atoms with Gasteiger partial charge in [-0.1, -0.05) is 11.6 Å². The standard InChI is InChI=1S/C13H20ClN5S/c1-9-16-8-11(20-9)12(15-2)13-10(14)7-17-19(13)6-5-18(3)4/h7-8,12,15H,5-6H2,1-4H3. The molecule has 0 aliphatic heterocycles. The van der Waals surface area contributed by atoms with Gasteiger partial charge in [-0.2, -0.15) is 5.10 Å². The molecule has 0 amide bonds. The lowest BCUT2D eigenvalue weighted by Crippen LogP contribution is -2.25. The molecule has 1 atom stereocenters. The topological polar surface area (TPSA) is 46.0 Å². The van der Waals surface area contributed by atoms with Gasteiger partial charge in [0, 0.05) is 17.6 Å². The van der Waals surface area contributed by atoms with Crippen LogP contribution in [0.2, 0.25) is 5.02 Å². The van der Waals surface area contributed by atoms with E-state index in [9.17, 15) is 0 Å². The van der Waals surface area contributed by atoms with Crippen LogP contribution in [0.1, 0.15) is 21.6 Å². The first-order valence-corrected chi connectivity index (χ1v) is 7.68. The number of hydrogen-bond acceptors (Lipinski definition) is 5. The minimum atomic E-state index is 0.0263. The van der Waals surface area contributed by atoms with Crippen LogP contribution >= 0.6 is 22.9 Å². The number of halogens is 1. The van der Waals surface area contributed by atoms with Gasteiger partial charge in [-0.15, -0.1) is 11.3 Å². The van der Waals surface area contributed by atoms with Gasteiger partial charge >= 0.3 is 0 Å². The summed E-state index contributed by atoms with van der Waals surface area (Å²) in [5, 5.41) is 9.45. The molecule has 1 unspecified atom stereocenters. The Morgan fingerprint density at radius 2 is 2.20 bits per heavy atom. The highest BCUT2D eigenvalue weighted by Crippen LogP contribution is 2.31. The maximum Gasteiger partial charge on any atom is 0.0897 e. The van der Waals surface area contributed by atoms with E-state index in [1.54, 1.807) is 17.5 Å². The molecule has 0 radical (unpaired) electrons. The molecule has 0 bridgehead atoms. The molecule has 2 aromatic heterocycles. The summed E-state index contributed by atoms with van der Waals surface area (Å²) in [6.45, 7) is 3.74. The zero-order chi connectivity index (χ0) is 14.7. The summed E-state index contributed by atoms with van der Waals surface area (Å²) >= 11 is 8.01. The van der Waals surface area contributed by atoms with Crippen LogP contribution in [-0.4, -0.2) is 47.4 Å². The van der Waals surface area contributed by atoms with E-state index in [0.29, 0.717) is 5.02 Å². The zero-order valence-corrected chi connectivity index (χ0v) is 13.8. The molecule has 110 valence electrons. The molecule has 0 aliphatic carbocycles. The van der Waals surface area contributed by atoms with Crippen molar-refractivity contribution in [3.63, 3.8) is 0 Å². The Balaban J connectivity index is 2.31. The molecule has 5 nitrogen and oxygen atoms in total. The van der Waals surface area contributed by atoms with Gasteiger partial charge in [-0.25, -0.2) is 4.98 Å². The van der Waals surface area contributed by atoms with Crippen molar-refractivity contribution in [1.29, 1.82) is 0 Å². The Morgan fingerprint density at radius 3 is 2.75 bits per heavy atom. The number of rotatable bonds is 6. The van der Waals surface area contributed by atoms with E-state index in [2.05, 4.69) is 20.3 Å². The Bertz CT molecular complexity index is 563. The average molecular weight is 314 g/mol. The molecule has 0 spiro atoms. The van der Waals surface area contributed by atoms with E-state index in [4.69, 9.17) is 11.6 Å². The SMILES string of the molecule is CNC(c1cnc(C)s1)c1c(Cl)cnn1CCN(C)C. The summed E-state index contributed by atoms with van der Waals surface area (Å²) in [5.41, 5.74) is 1.000. The largest absolute Gasteiger partial charge is 0.308 e. The van der Waals surface area contributed by atoms with Gasteiger partial charge in [0.2, 0.25) is 0 Å². The molecular weight excluding hydrogens is 294 g/mol. The van der Waals surface area contributed by atoms with Gasteiger partial charge in [0.15, 0.2) is 0 Å². The zero-order valence-electron chi connectivity index (χ0n) is 12.2. The van der Waals surface area contributed by atoms with E-state index in [1.807, 2.05) is 38.9 Å². The quantitative estimate of drug-likeness (QED) is 0.888. The molecule has 1 N–H and O–H groups in total. The lowest BCUT2D eigenvalue weighted by molar-refractivity contribution is 0.366. The summed E-state index contributed by atoms with van der Waals surface area (Å²) in [4.78, 5) is 7.61. The van der Waals surface area contributed by atoms with Crippen molar-refractivity contribution in [2.45, 2.75) is 19.5 Å². The molecule has 2 rings (SSSR count). The molecule has 2 aromatic rings. The van der Waals surface area contributed by atoms with Crippen LogP contribution in [0.4, 0.5) is 0 Å². The maximum atomic E-state index is 6.34. The Labute approximate surface area is 128 Å². The molecule has 20 heavy (non-hydrogen) atoms. The van der Waals surface area contributed by atoms with Crippen molar-refractivity contribution in [1.82, 2.24) is 25.0 Å². The Hall–Kier alpha value is -0.950. The first-order valence-electron chi connectivity index (χ1n) is 6.48. The molecule has 7 heteroatoms. The van der Waals surface area contributed by atoms with Crippen molar-refractivity contribution in [3.8, 4) is 0 Å². The highest BCUT2D eigenvalue weighted by atomic mass is 35.5. The highest BCUT2D eigenvalue weighted by molar-refractivity contribution is 7.11. The first kappa shape index (κ1) is 15.4. The summed E-state index contributed by atoms with van der Waals surface area (Å²) in [7, 11) is 6.03. The van der Waals surface area contributed by atoms with Gasteiger partial charge in [-0.05, 0) is 28.1 Å². The second-order valence-electron chi connectivity index (χ2n) is 4.91. The predicted octanol–water partition coefficient (Wildman–Crippen LogP) is 2.17. The fraction of sp³-hybridized carbons (Fsp3) is 0.538. The fourth-order valence-electron chi connectivity index (χ4n) is 2.06. The number of aryl methyl sites for hydroxylation is 1. The van der Waals surface area contributed by atoms with Crippen molar-refractivity contribution in [2.75, 3.05) is 27.7 Å². The van der Waals surface area contributed by atoms with Crippen LogP contribution in [0.25, 0.3) is 0 Å². The second-order valence-corrected chi connectivity index (χ2v) is 6.58. The van der Waals surface area contributed by atoms with E-state index in [0.717, 1.165) is 28.7 Å². The van der Waals surface area contributed by atoms with Crippen molar-refractivity contribution in [2.24, 2.45) is 0 Å². The van der Waals surface area contributed by atoms with Crippen molar-refractivity contribution in [3.05, 3.63) is 33.0 Å². The van der Waals surface area contributed by atoms with E-state index >= 15 is 0 Å². The summed E-state index contributed by atoms with van der Waals surface area (Å²) < 4.78 is 1.97. The molecule has 2 heterocycles. The molecule has 0 saturated heterocycles. The Kier molecular flexibility index (Phi) is 5.15. The van der Waals surface area contributed by atoms with Crippen molar-refractivity contribution >= 4 is 22.9 Å². The van der Waals surface area contributed by atoms with Crippen LogP contribution in [0.3, 0.4) is 0 Å². The van der Waals surface area contributed by atoms with Gasteiger partial charge in [-0.3, -0.25) is 4.68 Å². The highest BCUT2D eigenvalue weighted by Gasteiger charge is 2.22. The van der Waals surface area contributed by atoms with Crippen LogP contribution in [0.5, 0.6) is 0 Å². The molecular formula is C13H20ClN5S. The average Bonchev–Trinajstić information content (AvgIpc) is 2.97. The van der Waals surface area contributed by atoms with Crippen LogP contribution in [0, 0.1) is 6.92 Å². The molecule has 0 saturated carbocycles. The third kappa shape index (κ3) is 3.38. The number of likely N-dealkylation sites (N-methyl/N-ethyl adjacent to an activating group) is 1. The minimum Gasteiger partial charge on any atom is -0.308 e. The predicted molar refractivity (Wildman–Crippen MR) is 83.5 cm³/mol. The van der Waals surface area contributed by atoms with E-state index in [-0.39, 0.29) is 6.04 Å². The lowest BCUT2D eigenvalue weighted by Gasteiger charge is -2.18. The monoisotopic (exact) mass is 313 g/mol. The van der Waals surface area contributed by atoms with Crippen LogP contribution in [0.15, 0.2) is 12.4 Å². The van der Waals surface area contributed by atoms with Gasteiger partial charge in [0.25, 0.3) is 0 Å². The molecule has 0 aliphatic rings. The number of nitrogens with zero attached hydrogens (tertiary/aromatic N) is 4. The van der Waals surface area contributed by atoms with Gasteiger partial charge in [0.1, 0.15) is 0 Å². The van der Waals surface area contributed by atoms with Gasteiger partial charge < -0.3 is 10.2 Å². The first-order chi connectivity index (χ1) is 9.52. The summed E-state index contributed by atoms with van der Waals surface area (Å²) in [6, 6.07) is 0.0263. The molecule has 0 fully saturated rings. The van der Waals surface area contributed by atoms with E-state index < -0.39 is 0 Å². The number of aromatic nitrogens is 3. The molecule has 0 aromatic carbocycles. The van der Waals surface area contributed by atoms with Gasteiger partial charge in [0.05, 0.1) is 34.5 Å². The number of nitrogens with one attached hydrogen (secondary N) is 1. The van der Waals surface area contributed by atoms with Crippen LogP contribution in [-0.2, 0) is 6.54 Å². The number of hydrogen-bond donors (Lipinski definition) is 1. The maximum absolute atomic E-state index is 6.34. The summed E-state index contributed by atoms with van der Waals surface area (Å²) in [5.74, 6) is 0. The van der Waals surface area contributed by atoms with Crippen molar-refractivity contribution < 1.29 is 0 Å². The minimum absolute atomic E-state index is 0.0263. The summed E-state index contributed by atoms with van der Waals surface area (Å²) in [6.07, 6.45) is 3.62.